The number of aromatic amines is 1. The van der Waals surface area contributed by atoms with Crippen molar-refractivity contribution in [3.8, 4) is 10.7 Å². The van der Waals surface area contributed by atoms with Crippen molar-refractivity contribution >= 4 is 51.2 Å². The van der Waals surface area contributed by atoms with Crippen molar-refractivity contribution in [2.24, 2.45) is 0 Å². The maximum Gasteiger partial charge on any atom is 0.149 e. The Bertz CT molecular complexity index is 602. The molecule has 0 bridgehead atoms. The van der Waals surface area contributed by atoms with Gasteiger partial charge in [-0.25, -0.2) is 4.98 Å². The number of hydrogen-bond donors (Lipinski definition) is 1. The summed E-state index contributed by atoms with van der Waals surface area (Å²) in [4.78, 5) is 8.97. The molecule has 0 aliphatic carbocycles. The van der Waals surface area contributed by atoms with Crippen LogP contribution < -0.4 is 0 Å². The van der Waals surface area contributed by atoms with Crippen LogP contribution in [0.25, 0.3) is 10.7 Å². The van der Waals surface area contributed by atoms with Crippen LogP contribution in [0.3, 0.4) is 0 Å². The second-order valence-electron chi connectivity index (χ2n) is 3.44. The molecule has 0 radical (unpaired) electrons. The van der Waals surface area contributed by atoms with Crippen LogP contribution in [0.5, 0.6) is 0 Å². The third-order valence-electron chi connectivity index (χ3n) is 2.40. The molecule has 2 aromatic rings. The van der Waals surface area contributed by atoms with Gasteiger partial charge in [0.2, 0.25) is 0 Å². The number of fused-ring (bicyclic) bond motifs is 1. The molecule has 1 aliphatic rings. The smallest absolute Gasteiger partial charge is 0.149 e. The average Bonchev–Trinajstić information content (AvgIpc) is 2.85. The first kappa shape index (κ1) is 11.0. The SMILES string of the molecule is S=c1nc(-c2ccc(Br)s2)[nH]c2c1CSC2. The van der Waals surface area contributed by atoms with E-state index in [9.17, 15) is 0 Å². The van der Waals surface area contributed by atoms with Gasteiger partial charge in [-0.3, -0.25) is 0 Å². The zero-order valence-corrected chi connectivity index (χ0v) is 12.2. The van der Waals surface area contributed by atoms with E-state index in [1.807, 2.05) is 17.8 Å². The molecule has 0 saturated carbocycles. The number of hydrogen-bond acceptors (Lipinski definition) is 4. The highest BCUT2D eigenvalue weighted by atomic mass is 79.9. The van der Waals surface area contributed by atoms with Crippen molar-refractivity contribution in [3.63, 3.8) is 0 Å². The summed E-state index contributed by atoms with van der Waals surface area (Å²) in [5, 5.41) is 0. The van der Waals surface area contributed by atoms with Gasteiger partial charge < -0.3 is 4.98 Å². The summed E-state index contributed by atoms with van der Waals surface area (Å²) < 4.78 is 1.86. The third kappa shape index (κ3) is 1.88. The zero-order chi connectivity index (χ0) is 11.1. The van der Waals surface area contributed by atoms with Gasteiger partial charge in [0.05, 0.1) is 8.66 Å². The van der Waals surface area contributed by atoms with Crippen molar-refractivity contribution in [2.75, 3.05) is 0 Å². The standard InChI is InChI=1S/C10H7BrN2S3/c11-8-2-1-7(16-8)9-12-6-4-15-3-5(6)10(14)13-9/h1-2H,3-4H2,(H,12,13,14). The number of halogens is 1. The van der Waals surface area contributed by atoms with E-state index in [4.69, 9.17) is 12.2 Å². The Morgan fingerprint density at radius 3 is 3.00 bits per heavy atom. The molecule has 0 saturated heterocycles. The monoisotopic (exact) mass is 330 g/mol. The van der Waals surface area contributed by atoms with E-state index in [0.29, 0.717) is 0 Å². The minimum atomic E-state index is 0.748. The maximum atomic E-state index is 5.32. The van der Waals surface area contributed by atoms with Gasteiger partial charge in [0, 0.05) is 22.8 Å². The maximum absolute atomic E-state index is 5.32. The highest BCUT2D eigenvalue weighted by molar-refractivity contribution is 9.11. The lowest BCUT2D eigenvalue weighted by Crippen LogP contribution is -1.95. The minimum Gasteiger partial charge on any atom is -0.341 e. The largest absolute Gasteiger partial charge is 0.341 e. The summed E-state index contributed by atoms with van der Waals surface area (Å²) in [5.41, 5.74) is 2.45. The van der Waals surface area contributed by atoms with E-state index in [1.165, 1.54) is 11.3 Å². The van der Waals surface area contributed by atoms with Crippen molar-refractivity contribution in [1.29, 1.82) is 0 Å². The molecule has 0 aromatic carbocycles. The van der Waals surface area contributed by atoms with Crippen molar-refractivity contribution in [3.05, 3.63) is 31.8 Å². The fraction of sp³-hybridized carbons (Fsp3) is 0.200. The van der Waals surface area contributed by atoms with Gasteiger partial charge in [-0.1, -0.05) is 12.2 Å². The van der Waals surface area contributed by atoms with Crippen LogP contribution in [0.15, 0.2) is 15.9 Å². The topological polar surface area (TPSA) is 28.7 Å². The van der Waals surface area contributed by atoms with Gasteiger partial charge in [0.1, 0.15) is 10.5 Å². The summed E-state index contributed by atoms with van der Waals surface area (Å²) in [6, 6.07) is 4.08. The first-order valence-electron chi connectivity index (χ1n) is 4.69. The molecule has 0 spiro atoms. The molecule has 16 heavy (non-hydrogen) atoms. The lowest BCUT2D eigenvalue weighted by molar-refractivity contribution is 1.06. The molecule has 1 N–H and O–H groups in total. The van der Waals surface area contributed by atoms with Gasteiger partial charge in [0.15, 0.2) is 0 Å². The number of H-pyrrole nitrogens is 1. The highest BCUT2D eigenvalue weighted by Gasteiger charge is 2.16. The normalized spacial score (nSPS) is 14.1. The van der Waals surface area contributed by atoms with Gasteiger partial charge >= 0.3 is 0 Å². The van der Waals surface area contributed by atoms with E-state index in [0.717, 1.165) is 30.6 Å². The van der Waals surface area contributed by atoms with E-state index in [-0.39, 0.29) is 0 Å². The molecular weight excluding hydrogens is 324 g/mol. The molecule has 0 unspecified atom stereocenters. The Kier molecular flexibility index (Phi) is 2.91. The summed E-state index contributed by atoms with van der Waals surface area (Å²) in [5.74, 6) is 2.90. The molecule has 82 valence electrons. The Morgan fingerprint density at radius 2 is 2.25 bits per heavy atom. The second kappa shape index (κ2) is 4.25. The van der Waals surface area contributed by atoms with Gasteiger partial charge in [-0.2, -0.15) is 11.8 Å². The fourth-order valence-corrected chi connectivity index (χ4v) is 4.41. The minimum absolute atomic E-state index is 0.748. The van der Waals surface area contributed by atoms with E-state index < -0.39 is 0 Å². The Hall–Kier alpha value is -0.170. The summed E-state index contributed by atoms with van der Waals surface area (Å²) in [7, 11) is 0. The molecule has 0 amide bonds. The molecule has 6 heteroatoms. The number of nitrogens with one attached hydrogen (secondary N) is 1. The summed E-state index contributed by atoms with van der Waals surface area (Å²) >= 11 is 12.3. The average molecular weight is 331 g/mol. The van der Waals surface area contributed by atoms with Gasteiger partial charge in [-0.15, -0.1) is 11.3 Å². The number of thioether (sulfide) groups is 1. The van der Waals surface area contributed by atoms with E-state index in [2.05, 4.69) is 32.0 Å². The predicted molar refractivity (Wildman–Crippen MR) is 75.4 cm³/mol. The Labute approximate surface area is 115 Å². The van der Waals surface area contributed by atoms with E-state index >= 15 is 0 Å². The summed E-state index contributed by atoms with van der Waals surface area (Å²) in [6.07, 6.45) is 0. The molecule has 1 aliphatic heterocycles. The summed E-state index contributed by atoms with van der Waals surface area (Å²) in [6.45, 7) is 0. The molecule has 2 nitrogen and oxygen atoms in total. The predicted octanol–water partition coefficient (Wildman–Crippen LogP) is 4.38. The van der Waals surface area contributed by atoms with Crippen LogP contribution in [0.2, 0.25) is 0 Å². The van der Waals surface area contributed by atoms with Crippen molar-refractivity contribution < 1.29 is 0 Å². The number of rotatable bonds is 1. The molecule has 0 fully saturated rings. The zero-order valence-electron chi connectivity index (χ0n) is 8.12. The van der Waals surface area contributed by atoms with Crippen LogP contribution in [0.4, 0.5) is 0 Å². The quantitative estimate of drug-likeness (QED) is 0.786. The first-order chi connectivity index (χ1) is 7.74. The van der Waals surface area contributed by atoms with Crippen LogP contribution in [-0.4, -0.2) is 9.97 Å². The van der Waals surface area contributed by atoms with Crippen LogP contribution in [-0.2, 0) is 11.5 Å². The molecule has 0 atom stereocenters. The first-order valence-corrected chi connectivity index (χ1v) is 7.87. The van der Waals surface area contributed by atoms with Crippen LogP contribution >= 0.6 is 51.2 Å². The highest BCUT2D eigenvalue weighted by Crippen LogP contribution is 2.33. The lowest BCUT2D eigenvalue weighted by atomic mass is 10.3. The Morgan fingerprint density at radius 1 is 1.38 bits per heavy atom. The Balaban J connectivity index is 2.16. The van der Waals surface area contributed by atoms with Gasteiger partial charge in [-0.05, 0) is 28.1 Å². The molecule has 3 rings (SSSR count). The number of thiophene rings is 1. The molecule has 2 aromatic heterocycles. The number of nitrogens with zero attached hydrogens (tertiary/aromatic N) is 1. The van der Waals surface area contributed by atoms with E-state index in [1.54, 1.807) is 11.3 Å². The molecular formula is C10H7BrN2S3. The van der Waals surface area contributed by atoms with Crippen molar-refractivity contribution in [2.45, 2.75) is 11.5 Å². The van der Waals surface area contributed by atoms with Crippen molar-refractivity contribution in [1.82, 2.24) is 9.97 Å². The molecule has 3 heterocycles. The second-order valence-corrected chi connectivity index (χ2v) is 7.28. The van der Waals surface area contributed by atoms with Gasteiger partial charge in [0.25, 0.3) is 0 Å². The number of aromatic nitrogens is 2. The third-order valence-corrected chi connectivity index (χ3v) is 5.36. The fourth-order valence-electron chi connectivity index (χ4n) is 1.63. The lowest BCUT2D eigenvalue weighted by Gasteiger charge is -2.02. The van der Waals surface area contributed by atoms with Crippen LogP contribution in [0.1, 0.15) is 11.3 Å². The van der Waals surface area contributed by atoms with Crippen LogP contribution in [0, 0.1) is 4.64 Å².